The molecule has 0 radical (unpaired) electrons. The van der Waals surface area contributed by atoms with E-state index >= 15 is 0 Å². The van der Waals surface area contributed by atoms with Gasteiger partial charge in [-0.25, -0.2) is 0 Å². The Morgan fingerprint density at radius 3 is 2.70 bits per heavy atom. The molecule has 3 nitrogen and oxygen atoms in total. The van der Waals surface area contributed by atoms with Crippen molar-refractivity contribution in [3.05, 3.63) is 22.4 Å². The molecule has 5 heteroatoms. The Balaban J connectivity index is 0.00000156. The molecule has 2 bridgehead atoms. The summed E-state index contributed by atoms with van der Waals surface area (Å²) < 4.78 is 0. The highest BCUT2D eigenvalue weighted by Crippen LogP contribution is 2.43. The van der Waals surface area contributed by atoms with Crippen LogP contribution in [-0.2, 0) is 10.2 Å². The summed E-state index contributed by atoms with van der Waals surface area (Å²) in [6.45, 7) is 1.86. The average Bonchev–Trinajstić information content (AvgIpc) is 3.17. The minimum Gasteiger partial charge on any atom is -0.340 e. The van der Waals surface area contributed by atoms with Gasteiger partial charge in [-0.2, -0.15) is 0 Å². The molecule has 0 spiro atoms. The van der Waals surface area contributed by atoms with Gasteiger partial charge in [-0.05, 0) is 43.6 Å². The third-order valence-corrected chi connectivity index (χ3v) is 6.99. The molecular weight excluding hydrogens is 328 g/mol. The summed E-state index contributed by atoms with van der Waals surface area (Å²) in [5, 5.41) is 5.83. The highest BCUT2D eigenvalue weighted by molar-refractivity contribution is 7.10. The number of hydrogen-bond donors (Lipinski definition) is 1. The fourth-order valence-corrected chi connectivity index (χ4v) is 5.68. The number of nitrogens with one attached hydrogen (secondary N) is 1. The van der Waals surface area contributed by atoms with Crippen molar-refractivity contribution < 1.29 is 4.79 Å². The molecule has 1 aliphatic carbocycles. The number of rotatable bonds is 2. The molecule has 1 aromatic rings. The Morgan fingerprint density at radius 1 is 1.17 bits per heavy atom. The van der Waals surface area contributed by atoms with Crippen LogP contribution in [0.2, 0.25) is 0 Å². The second-order valence-electron chi connectivity index (χ2n) is 7.30. The van der Waals surface area contributed by atoms with Gasteiger partial charge in [0.15, 0.2) is 0 Å². The lowest BCUT2D eigenvalue weighted by Crippen LogP contribution is -2.50. The van der Waals surface area contributed by atoms with Crippen molar-refractivity contribution >= 4 is 29.7 Å². The highest BCUT2D eigenvalue weighted by Gasteiger charge is 2.45. The molecule has 2 atom stereocenters. The van der Waals surface area contributed by atoms with Gasteiger partial charge < -0.3 is 10.2 Å². The first kappa shape index (κ1) is 17.2. The van der Waals surface area contributed by atoms with E-state index in [2.05, 4.69) is 27.7 Å². The number of thiophene rings is 1. The van der Waals surface area contributed by atoms with E-state index < -0.39 is 0 Å². The molecule has 1 amide bonds. The topological polar surface area (TPSA) is 32.3 Å². The number of amides is 1. The first-order valence-corrected chi connectivity index (χ1v) is 9.75. The summed E-state index contributed by atoms with van der Waals surface area (Å²) in [5.74, 6) is 0.420. The summed E-state index contributed by atoms with van der Waals surface area (Å²) in [6.07, 6.45) is 9.43. The second-order valence-corrected chi connectivity index (χ2v) is 8.25. The Kier molecular flexibility index (Phi) is 5.34. The lowest BCUT2D eigenvalue weighted by molar-refractivity contribution is -0.139. The molecule has 1 saturated carbocycles. The molecule has 2 aliphatic heterocycles. The van der Waals surface area contributed by atoms with E-state index in [0.29, 0.717) is 18.0 Å². The number of fused-ring (bicyclic) bond motifs is 2. The second kappa shape index (κ2) is 7.12. The van der Waals surface area contributed by atoms with Gasteiger partial charge in [0.2, 0.25) is 5.91 Å². The number of carbonyl (C=O) groups is 1. The lowest BCUT2D eigenvalue weighted by Gasteiger charge is -2.40. The molecule has 128 valence electrons. The summed E-state index contributed by atoms with van der Waals surface area (Å²) in [6, 6.07) is 5.47. The lowest BCUT2D eigenvalue weighted by atomic mass is 9.71. The van der Waals surface area contributed by atoms with E-state index in [4.69, 9.17) is 0 Å². The molecule has 3 fully saturated rings. The van der Waals surface area contributed by atoms with Gasteiger partial charge >= 0.3 is 0 Å². The van der Waals surface area contributed by atoms with E-state index in [0.717, 1.165) is 32.4 Å². The van der Waals surface area contributed by atoms with E-state index in [1.807, 2.05) is 0 Å². The summed E-state index contributed by atoms with van der Waals surface area (Å²) >= 11 is 1.78. The monoisotopic (exact) mass is 354 g/mol. The fraction of sp³-hybridized carbons (Fsp3) is 0.722. The predicted molar refractivity (Wildman–Crippen MR) is 97.5 cm³/mol. The summed E-state index contributed by atoms with van der Waals surface area (Å²) in [5.41, 5.74) is -0.212. The molecule has 3 heterocycles. The standard InChI is InChI=1S/C18H26N2OS.ClH/c21-17(20-11-8-14-6-7-15(13-20)19-14)18(9-2-1-3-10-18)16-5-4-12-22-16;/h4-5,12,14-15,19H,1-3,6-11,13H2;1H. The van der Waals surface area contributed by atoms with Gasteiger partial charge in [-0.15, -0.1) is 23.7 Å². The van der Waals surface area contributed by atoms with E-state index in [1.54, 1.807) is 11.3 Å². The van der Waals surface area contributed by atoms with Crippen LogP contribution < -0.4 is 5.32 Å². The molecular formula is C18H27ClN2OS. The molecule has 2 unspecified atom stereocenters. The number of halogens is 1. The third-order valence-electron chi connectivity index (χ3n) is 5.92. The molecule has 4 rings (SSSR count). The average molecular weight is 355 g/mol. The van der Waals surface area contributed by atoms with Crippen LogP contribution in [0, 0.1) is 0 Å². The van der Waals surface area contributed by atoms with Crippen molar-refractivity contribution in [2.24, 2.45) is 0 Å². The van der Waals surface area contributed by atoms with Crippen molar-refractivity contribution in [2.75, 3.05) is 13.1 Å². The van der Waals surface area contributed by atoms with E-state index in [-0.39, 0.29) is 17.8 Å². The van der Waals surface area contributed by atoms with Crippen LogP contribution in [0.3, 0.4) is 0 Å². The Bertz CT molecular complexity index is 527. The van der Waals surface area contributed by atoms with Crippen molar-refractivity contribution in [3.8, 4) is 0 Å². The van der Waals surface area contributed by atoms with Crippen LogP contribution >= 0.6 is 23.7 Å². The molecule has 1 aromatic heterocycles. The number of likely N-dealkylation sites (tertiary alicyclic amines) is 1. The van der Waals surface area contributed by atoms with Crippen LogP contribution in [0.5, 0.6) is 0 Å². The van der Waals surface area contributed by atoms with Crippen LogP contribution in [0.25, 0.3) is 0 Å². The zero-order chi connectivity index (χ0) is 15.0. The minimum atomic E-state index is -0.212. The fourth-order valence-electron chi connectivity index (χ4n) is 4.70. The predicted octanol–water partition coefficient (Wildman–Crippen LogP) is 3.72. The van der Waals surface area contributed by atoms with Gasteiger partial charge in [0.05, 0.1) is 5.41 Å². The van der Waals surface area contributed by atoms with Crippen molar-refractivity contribution in [3.63, 3.8) is 0 Å². The van der Waals surface area contributed by atoms with Gasteiger partial charge in [0.25, 0.3) is 0 Å². The van der Waals surface area contributed by atoms with Gasteiger partial charge in [-0.1, -0.05) is 25.3 Å². The first-order valence-electron chi connectivity index (χ1n) is 8.87. The number of carbonyl (C=O) groups excluding carboxylic acids is 1. The zero-order valence-electron chi connectivity index (χ0n) is 13.6. The van der Waals surface area contributed by atoms with Gasteiger partial charge in [-0.3, -0.25) is 4.79 Å². The third kappa shape index (κ3) is 3.18. The van der Waals surface area contributed by atoms with Crippen LogP contribution in [-0.4, -0.2) is 36.0 Å². The van der Waals surface area contributed by atoms with Crippen molar-refractivity contribution in [1.82, 2.24) is 10.2 Å². The zero-order valence-corrected chi connectivity index (χ0v) is 15.3. The molecule has 1 N–H and O–H groups in total. The number of hydrogen-bond acceptors (Lipinski definition) is 3. The largest absolute Gasteiger partial charge is 0.340 e. The Hall–Kier alpha value is -0.580. The normalized spacial score (nSPS) is 29.7. The summed E-state index contributed by atoms with van der Waals surface area (Å²) in [4.78, 5) is 17.0. The maximum Gasteiger partial charge on any atom is 0.234 e. The van der Waals surface area contributed by atoms with Crippen LogP contribution in [0.15, 0.2) is 17.5 Å². The van der Waals surface area contributed by atoms with Crippen molar-refractivity contribution in [1.29, 1.82) is 0 Å². The van der Waals surface area contributed by atoms with Crippen molar-refractivity contribution in [2.45, 2.75) is 68.9 Å². The minimum absolute atomic E-state index is 0. The molecule has 3 aliphatic rings. The maximum absolute atomic E-state index is 13.5. The molecule has 2 saturated heterocycles. The van der Waals surface area contributed by atoms with E-state index in [1.165, 1.54) is 37.0 Å². The highest BCUT2D eigenvalue weighted by atomic mass is 35.5. The smallest absolute Gasteiger partial charge is 0.234 e. The molecule has 0 aromatic carbocycles. The Morgan fingerprint density at radius 2 is 1.96 bits per heavy atom. The quantitative estimate of drug-likeness (QED) is 0.877. The van der Waals surface area contributed by atoms with Gasteiger partial charge in [0.1, 0.15) is 0 Å². The SMILES string of the molecule is Cl.O=C(N1CCC2CCC(C1)N2)C1(c2cccs2)CCCCC1. The summed E-state index contributed by atoms with van der Waals surface area (Å²) in [7, 11) is 0. The number of nitrogens with zero attached hydrogens (tertiary/aromatic N) is 1. The van der Waals surface area contributed by atoms with Gasteiger partial charge in [0, 0.05) is 30.1 Å². The maximum atomic E-state index is 13.5. The Labute approximate surface area is 149 Å². The first-order chi connectivity index (χ1) is 10.8. The van der Waals surface area contributed by atoms with Crippen LogP contribution in [0.1, 0.15) is 56.2 Å². The van der Waals surface area contributed by atoms with Crippen LogP contribution in [0.4, 0.5) is 0 Å². The molecule has 23 heavy (non-hydrogen) atoms. The van der Waals surface area contributed by atoms with E-state index in [9.17, 15) is 4.79 Å².